The van der Waals surface area contributed by atoms with E-state index >= 15 is 0 Å². The maximum atomic E-state index is 12.6. The maximum Gasteiger partial charge on any atom is 0.257 e. The Balaban J connectivity index is 1.90. The van der Waals surface area contributed by atoms with Gasteiger partial charge in [-0.05, 0) is 49.1 Å². The largest absolute Gasteiger partial charge is 0.366 e. The first-order valence-electron chi connectivity index (χ1n) is 7.69. The second kappa shape index (κ2) is 6.86. The Hall–Kier alpha value is -2.99. The molecular weight excluding hydrogens is 334 g/mol. The van der Waals surface area contributed by atoms with Gasteiger partial charge in [-0.3, -0.25) is 14.6 Å². The molecular formula is C19H17N3O2S. The van der Waals surface area contributed by atoms with Crippen molar-refractivity contribution in [1.29, 1.82) is 0 Å². The van der Waals surface area contributed by atoms with Crippen LogP contribution in [0.2, 0.25) is 0 Å². The predicted octanol–water partition coefficient (Wildman–Crippen LogP) is 3.78. The normalized spacial score (nSPS) is 10.5. The Morgan fingerprint density at radius 3 is 2.52 bits per heavy atom. The molecule has 0 saturated carbocycles. The number of nitrogens with zero attached hydrogens (tertiary/aromatic N) is 1. The first-order chi connectivity index (χ1) is 12.0. The van der Waals surface area contributed by atoms with Crippen molar-refractivity contribution in [2.24, 2.45) is 5.73 Å². The fourth-order valence-corrected chi connectivity index (χ4v) is 3.35. The number of pyridine rings is 1. The quantitative estimate of drug-likeness (QED) is 0.750. The summed E-state index contributed by atoms with van der Waals surface area (Å²) in [6, 6.07) is 12.7. The van der Waals surface area contributed by atoms with Gasteiger partial charge in [-0.25, -0.2) is 0 Å². The van der Waals surface area contributed by atoms with E-state index in [9.17, 15) is 9.59 Å². The SMILES string of the molecule is Cc1cccc(NC(=O)c2ccc(-c3cccs3)nc2C)c1C(N)=O. The Labute approximate surface area is 149 Å². The van der Waals surface area contributed by atoms with Gasteiger partial charge < -0.3 is 11.1 Å². The van der Waals surface area contributed by atoms with Crippen molar-refractivity contribution < 1.29 is 9.59 Å². The number of anilines is 1. The Morgan fingerprint density at radius 2 is 1.88 bits per heavy atom. The Bertz CT molecular complexity index is 949. The molecule has 1 aromatic carbocycles. The van der Waals surface area contributed by atoms with E-state index in [1.54, 1.807) is 49.4 Å². The summed E-state index contributed by atoms with van der Waals surface area (Å²) in [4.78, 5) is 29.8. The third-order valence-corrected chi connectivity index (χ3v) is 4.76. The summed E-state index contributed by atoms with van der Waals surface area (Å²) in [7, 11) is 0. The lowest BCUT2D eigenvalue weighted by atomic mass is 10.1. The van der Waals surface area contributed by atoms with E-state index in [2.05, 4.69) is 10.3 Å². The molecule has 6 heteroatoms. The van der Waals surface area contributed by atoms with E-state index < -0.39 is 5.91 Å². The van der Waals surface area contributed by atoms with Crippen molar-refractivity contribution in [2.45, 2.75) is 13.8 Å². The zero-order chi connectivity index (χ0) is 18.0. The zero-order valence-electron chi connectivity index (χ0n) is 13.9. The van der Waals surface area contributed by atoms with E-state index in [1.807, 2.05) is 23.6 Å². The molecule has 0 aliphatic rings. The molecule has 3 N–H and O–H groups in total. The number of thiophene rings is 1. The first kappa shape index (κ1) is 16.9. The second-order valence-corrected chi connectivity index (χ2v) is 6.57. The summed E-state index contributed by atoms with van der Waals surface area (Å²) >= 11 is 1.59. The number of nitrogens with one attached hydrogen (secondary N) is 1. The molecule has 25 heavy (non-hydrogen) atoms. The zero-order valence-corrected chi connectivity index (χ0v) is 14.7. The minimum atomic E-state index is -0.573. The molecule has 0 saturated heterocycles. The third-order valence-electron chi connectivity index (χ3n) is 3.87. The average molecular weight is 351 g/mol. The monoisotopic (exact) mass is 351 g/mol. The van der Waals surface area contributed by atoms with Crippen LogP contribution in [0.3, 0.4) is 0 Å². The molecule has 0 fully saturated rings. The van der Waals surface area contributed by atoms with Crippen molar-refractivity contribution >= 4 is 28.8 Å². The van der Waals surface area contributed by atoms with Gasteiger partial charge in [0.1, 0.15) is 0 Å². The molecule has 3 aromatic rings. The van der Waals surface area contributed by atoms with Gasteiger partial charge in [0.15, 0.2) is 0 Å². The Kier molecular flexibility index (Phi) is 4.63. The highest BCUT2D eigenvalue weighted by Crippen LogP contribution is 2.25. The summed E-state index contributed by atoms with van der Waals surface area (Å²) in [5.41, 5.74) is 8.78. The van der Waals surface area contributed by atoms with E-state index in [-0.39, 0.29) is 5.91 Å². The average Bonchev–Trinajstić information content (AvgIpc) is 3.08. The highest BCUT2D eigenvalue weighted by Gasteiger charge is 2.16. The summed E-state index contributed by atoms with van der Waals surface area (Å²) < 4.78 is 0. The van der Waals surface area contributed by atoms with Gasteiger partial charge in [0, 0.05) is 0 Å². The molecule has 0 aliphatic heterocycles. The molecule has 2 heterocycles. The van der Waals surface area contributed by atoms with Gasteiger partial charge in [-0.15, -0.1) is 11.3 Å². The van der Waals surface area contributed by atoms with Gasteiger partial charge in [-0.2, -0.15) is 0 Å². The molecule has 0 radical (unpaired) electrons. The molecule has 0 unspecified atom stereocenters. The first-order valence-corrected chi connectivity index (χ1v) is 8.57. The van der Waals surface area contributed by atoms with Crippen molar-refractivity contribution in [3.05, 3.63) is 70.2 Å². The molecule has 5 nitrogen and oxygen atoms in total. The molecule has 0 atom stereocenters. The fourth-order valence-electron chi connectivity index (χ4n) is 2.65. The van der Waals surface area contributed by atoms with Crippen LogP contribution in [0.15, 0.2) is 47.8 Å². The van der Waals surface area contributed by atoms with Crippen molar-refractivity contribution in [3.8, 4) is 10.6 Å². The number of carbonyl (C=O) groups is 2. The number of rotatable bonds is 4. The number of aromatic nitrogens is 1. The maximum absolute atomic E-state index is 12.6. The van der Waals surface area contributed by atoms with Gasteiger partial charge in [0.2, 0.25) is 0 Å². The topological polar surface area (TPSA) is 85.1 Å². The summed E-state index contributed by atoms with van der Waals surface area (Å²) in [5, 5.41) is 4.75. The molecule has 0 aliphatic carbocycles. The van der Waals surface area contributed by atoms with Gasteiger partial charge in [0.05, 0.1) is 33.1 Å². The highest BCUT2D eigenvalue weighted by molar-refractivity contribution is 7.13. The standard InChI is InChI=1S/C19H17N3O2S/c1-11-5-3-6-15(17(11)18(20)23)22-19(24)13-8-9-14(21-12(13)2)16-7-4-10-25-16/h3-10H,1-2H3,(H2,20,23)(H,22,24). The lowest BCUT2D eigenvalue weighted by molar-refractivity contribution is 0.100. The van der Waals surface area contributed by atoms with Crippen LogP contribution >= 0.6 is 11.3 Å². The van der Waals surface area contributed by atoms with Gasteiger partial charge in [-0.1, -0.05) is 18.2 Å². The molecule has 2 aromatic heterocycles. The molecule has 2 amide bonds. The Morgan fingerprint density at radius 1 is 1.08 bits per heavy atom. The molecule has 126 valence electrons. The van der Waals surface area contributed by atoms with Crippen LogP contribution in [0.5, 0.6) is 0 Å². The third kappa shape index (κ3) is 3.44. The summed E-state index contributed by atoms with van der Waals surface area (Å²) in [6.07, 6.45) is 0. The number of benzene rings is 1. The van der Waals surface area contributed by atoms with Crippen molar-refractivity contribution in [2.75, 3.05) is 5.32 Å². The minimum Gasteiger partial charge on any atom is -0.366 e. The van der Waals surface area contributed by atoms with Crippen LogP contribution in [-0.2, 0) is 0 Å². The van der Waals surface area contributed by atoms with E-state index in [0.29, 0.717) is 28.1 Å². The summed E-state index contributed by atoms with van der Waals surface area (Å²) in [6.45, 7) is 3.57. The molecule has 3 rings (SSSR count). The molecule has 0 spiro atoms. The number of primary amides is 1. The van der Waals surface area contributed by atoms with Crippen molar-refractivity contribution in [1.82, 2.24) is 4.98 Å². The number of hydrogen-bond acceptors (Lipinski definition) is 4. The second-order valence-electron chi connectivity index (χ2n) is 5.62. The van der Waals surface area contributed by atoms with Crippen LogP contribution < -0.4 is 11.1 Å². The number of aryl methyl sites for hydroxylation is 2. The number of amides is 2. The lowest BCUT2D eigenvalue weighted by Gasteiger charge is -2.12. The van der Waals surface area contributed by atoms with Crippen LogP contribution in [0.4, 0.5) is 5.69 Å². The van der Waals surface area contributed by atoms with Crippen LogP contribution in [-0.4, -0.2) is 16.8 Å². The van der Waals surface area contributed by atoms with E-state index in [4.69, 9.17) is 5.73 Å². The van der Waals surface area contributed by atoms with Crippen molar-refractivity contribution in [3.63, 3.8) is 0 Å². The van der Waals surface area contributed by atoms with E-state index in [0.717, 1.165) is 10.6 Å². The minimum absolute atomic E-state index is 0.316. The van der Waals surface area contributed by atoms with Crippen LogP contribution in [0.25, 0.3) is 10.6 Å². The van der Waals surface area contributed by atoms with Gasteiger partial charge >= 0.3 is 0 Å². The molecule has 0 bridgehead atoms. The lowest BCUT2D eigenvalue weighted by Crippen LogP contribution is -2.20. The smallest absolute Gasteiger partial charge is 0.257 e. The number of carbonyl (C=O) groups excluding carboxylic acids is 2. The predicted molar refractivity (Wildman–Crippen MR) is 99.9 cm³/mol. The summed E-state index contributed by atoms with van der Waals surface area (Å²) in [5.74, 6) is -0.896. The van der Waals surface area contributed by atoms with Crippen LogP contribution in [0.1, 0.15) is 32.0 Å². The van der Waals surface area contributed by atoms with E-state index in [1.165, 1.54) is 0 Å². The number of nitrogens with two attached hydrogens (primary N) is 1. The van der Waals surface area contributed by atoms with Crippen LogP contribution in [0, 0.1) is 13.8 Å². The highest BCUT2D eigenvalue weighted by atomic mass is 32.1. The van der Waals surface area contributed by atoms with Gasteiger partial charge in [0.25, 0.3) is 11.8 Å². The number of hydrogen-bond donors (Lipinski definition) is 2. The fraction of sp³-hybridized carbons (Fsp3) is 0.105.